The lowest BCUT2D eigenvalue weighted by molar-refractivity contribution is 0.418. The summed E-state index contributed by atoms with van der Waals surface area (Å²) in [5.41, 5.74) is 8.74. The molecular formula is C16H28N2. The van der Waals surface area contributed by atoms with Gasteiger partial charge < -0.3 is 11.1 Å². The standard InChI is InChI=1S/C16H28N2/c1-13-6-8-14(9-7-13)15(2,3)12-18-11-10-16(4,5)17/h6-9,18H,10-12,17H2,1-5H3. The van der Waals surface area contributed by atoms with E-state index in [0.29, 0.717) is 0 Å². The number of aryl methyl sites for hydroxylation is 1. The molecule has 1 rings (SSSR count). The van der Waals surface area contributed by atoms with Crippen LogP contribution in [0.25, 0.3) is 0 Å². The monoisotopic (exact) mass is 248 g/mol. The third-order valence-corrected chi connectivity index (χ3v) is 3.35. The second-order valence-electron chi connectivity index (χ2n) is 6.67. The summed E-state index contributed by atoms with van der Waals surface area (Å²) in [4.78, 5) is 0. The lowest BCUT2D eigenvalue weighted by Crippen LogP contribution is -2.39. The van der Waals surface area contributed by atoms with Gasteiger partial charge in [0, 0.05) is 17.5 Å². The van der Waals surface area contributed by atoms with E-state index in [1.54, 1.807) is 0 Å². The first-order valence-corrected chi connectivity index (χ1v) is 6.77. The van der Waals surface area contributed by atoms with Crippen molar-refractivity contribution in [1.29, 1.82) is 0 Å². The van der Waals surface area contributed by atoms with E-state index in [1.807, 2.05) is 0 Å². The Bertz CT molecular complexity index is 358. The van der Waals surface area contributed by atoms with Gasteiger partial charge in [-0.15, -0.1) is 0 Å². The Morgan fingerprint density at radius 2 is 1.61 bits per heavy atom. The lowest BCUT2D eigenvalue weighted by atomic mass is 9.84. The summed E-state index contributed by atoms with van der Waals surface area (Å²) in [5.74, 6) is 0. The van der Waals surface area contributed by atoms with Crippen molar-refractivity contribution in [2.75, 3.05) is 13.1 Å². The minimum Gasteiger partial charge on any atom is -0.326 e. The van der Waals surface area contributed by atoms with E-state index < -0.39 is 0 Å². The fourth-order valence-corrected chi connectivity index (χ4v) is 1.92. The Labute approximate surface area is 112 Å². The van der Waals surface area contributed by atoms with E-state index in [-0.39, 0.29) is 11.0 Å². The Balaban J connectivity index is 2.47. The zero-order valence-electron chi connectivity index (χ0n) is 12.5. The minimum absolute atomic E-state index is 0.0823. The molecule has 0 amide bonds. The van der Waals surface area contributed by atoms with Crippen molar-refractivity contribution in [3.8, 4) is 0 Å². The first-order valence-electron chi connectivity index (χ1n) is 6.77. The molecular weight excluding hydrogens is 220 g/mol. The Hall–Kier alpha value is -0.860. The Morgan fingerprint density at radius 3 is 2.11 bits per heavy atom. The Kier molecular flexibility index (Phi) is 4.94. The molecule has 2 heteroatoms. The van der Waals surface area contributed by atoms with Gasteiger partial charge in [-0.25, -0.2) is 0 Å². The molecule has 0 saturated heterocycles. The Morgan fingerprint density at radius 1 is 1.06 bits per heavy atom. The molecule has 0 aliphatic heterocycles. The van der Waals surface area contributed by atoms with Gasteiger partial charge in [-0.1, -0.05) is 43.7 Å². The average molecular weight is 248 g/mol. The highest BCUT2D eigenvalue weighted by Gasteiger charge is 2.20. The fourth-order valence-electron chi connectivity index (χ4n) is 1.92. The van der Waals surface area contributed by atoms with Crippen LogP contribution >= 0.6 is 0 Å². The maximum atomic E-state index is 5.97. The highest BCUT2D eigenvalue weighted by molar-refractivity contribution is 5.27. The van der Waals surface area contributed by atoms with Crippen LogP contribution in [0, 0.1) is 6.92 Å². The lowest BCUT2D eigenvalue weighted by Gasteiger charge is -2.27. The summed E-state index contributed by atoms with van der Waals surface area (Å²) >= 11 is 0. The maximum absolute atomic E-state index is 5.97. The quantitative estimate of drug-likeness (QED) is 0.760. The third kappa shape index (κ3) is 5.19. The molecule has 0 unspecified atom stereocenters. The molecule has 0 fully saturated rings. The van der Waals surface area contributed by atoms with Crippen LogP contribution in [0.2, 0.25) is 0 Å². The van der Waals surface area contributed by atoms with E-state index in [0.717, 1.165) is 19.5 Å². The minimum atomic E-state index is -0.0823. The fraction of sp³-hybridized carbons (Fsp3) is 0.625. The molecule has 0 aliphatic rings. The first kappa shape index (κ1) is 15.2. The molecule has 0 aliphatic carbocycles. The van der Waals surface area contributed by atoms with Crippen molar-refractivity contribution in [2.24, 2.45) is 5.73 Å². The first-order chi connectivity index (χ1) is 8.21. The van der Waals surface area contributed by atoms with Crippen LogP contribution in [0.1, 0.15) is 45.2 Å². The van der Waals surface area contributed by atoms with Gasteiger partial charge in [-0.2, -0.15) is 0 Å². The van der Waals surface area contributed by atoms with Crippen LogP contribution < -0.4 is 11.1 Å². The normalized spacial score (nSPS) is 12.8. The summed E-state index contributed by atoms with van der Waals surface area (Å²) in [6.07, 6.45) is 0.997. The van der Waals surface area contributed by atoms with Gasteiger partial charge in [0.15, 0.2) is 0 Å². The number of rotatable bonds is 6. The number of nitrogens with two attached hydrogens (primary N) is 1. The maximum Gasteiger partial charge on any atom is 0.0109 e. The molecule has 0 radical (unpaired) electrons. The van der Waals surface area contributed by atoms with E-state index >= 15 is 0 Å². The molecule has 2 nitrogen and oxygen atoms in total. The molecule has 0 atom stereocenters. The predicted octanol–water partition coefficient (Wildman–Crippen LogP) is 2.99. The van der Waals surface area contributed by atoms with E-state index in [1.165, 1.54) is 11.1 Å². The summed E-state index contributed by atoms with van der Waals surface area (Å²) in [5, 5.41) is 3.52. The van der Waals surface area contributed by atoms with Crippen LogP contribution in [0.15, 0.2) is 24.3 Å². The topological polar surface area (TPSA) is 38.0 Å². The van der Waals surface area contributed by atoms with Gasteiger partial charge in [0.05, 0.1) is 0 Å². The van der Waals surface area contributed by atoms with Crippen LogP contribution in [0.4, 0.5) is 0 Å². The van der Waals surface area contributed by atoms with Gasteiger partial charge in [-0.3, -0.25) is 0 Å². The highest BCUT2D eigenvalue weighted by atomic mass is 14.9. The predicted molar refractivity (Wildman–Crippen MR) is 80.0 cm³/mol. The van der Waals surface area contributed by atoms with Crippen molar-refractivity contribution in [3.63, 3.8) is 0 Å². The summed E-state index contributed by atoms with van der Waals surface area (Å²) in [7, 11) is 0. The smallest absolute Gasteiger partial charge is 0.0109 e. The van der Waals surface area contributed by atoms with Crippen molar-refractivity contribution in [1.82, 2.24) is 5.32 Å². The highest BCUT2D eigenvalue weighted by Crippen LogP contribution is 2.22. The number of nitrogens with one attached hydrogen (secondary N) is 1. The van der Waals surface area contributed by atoms with Gasteiger partial charge in [-0.05, 0) is 39.3 Å². The van der Waals surface area contributed by atoms with E-state index in [4.69, 9.17) is 5.73 Å². The number of hydrogen-bond acceptors (Lipinski definition) is 2. The summed E-state index contributed by atoms with van der Waals surface area (Å²) in [6, 6.07) is 8.81. The number of benzene rings is 1. The molecule has 0 spiro atoms. The molecule has 0 heterocycles. The van der Waals surface area contributed by atoms with Crippen LogP contribution in [0.3, 0.4) is 0 Å². The van der Waals surface area contributed by atoms with E-state index in [9.17, 15) is 0 Å². The molecule has 1 aromatic carbocycles. The van der Waals surface area contributed by atoms with Crippen molar-refractivity contribution < 1.29 is 0 Å². The molecule has 102 valence electrons. The van der Waals surface area contributed by atoms with Crippen molar-refractivity contribution in [2.45, 2.75) is 52.0 Å². The second-order valence-corrected chi connectivity index (χ2v) is 6.67. The molecule has 0 bridgehead atoms. The van der Waals surface area contributed by atoms with Crippen LogP contribution in [0.5, 0.6) is 0 Å². The largest absolute Gasteiger partial charge is 0.326 e. The van der Waals surface area contributed by atoms with Gasteiger partial charge >= 0.3 is 0 Å². The summed E-state index contributed by atoms with van der Waals surface area (Å²) < 4.78 is 0. The van der Waals surface area contributed by atoms with E-state index in [2.05, 4.69) is 64.2 Å². The molecule has 0 saturated carbocycles. The summed E-state index contributed by atoms with van der Waals surface area (Å²) in [6.45, 7) is 12.8. The SMILES string of the molecule is Cc1ccc(C(C)(C)CNCCC(C)(C)N)cc1. The second kappa shape index (κ2) is 5.85. The van der Waals surface area contributed by atoms with Gasteiger partial charge in [0.1, 0.15) is 0 Å². The van der Waals surface area contributed by atoms with Crippen molar-refractivity contribution in [3.05, 3.63) is 35.4 Å². The number of hydrogen-bond donors (Lipinski definition) is 2. The zero-order chi connectivity index (χ0) is 13.8. The molecule has 18 heavy (non-hydrogen) atoms. The van der Waals surface area contributed by atoms with Crippen molar-refractivity contribution >= 4 is 0 Å². The van der Waals surface area contributed by atoms with Crippen LogP contribution in [-0.4, -0.2) is 18.6 Å². The molecule has 1 aromatic rings. The molecule has 0 aromatic heterocycles. The average Bonchev–Trinajstić information content (AvgIpc) is 2.24. The molecule has 3 N–H and O–H groups in total. The zero-order valence-corrected chi connectivity index (χ0v) is 12.5. The third-order valence-electron chi connectivity index (χ3n) is 3.35. The van der Waals surface area contributed by atoms with Gasteiger partial charge in [0.2, 0.25) is 0 Å². The van der Waals surface area contributed by atoms with Crippen LogP contribution in [-0.2, 0) is 5.41 Å². The van der Waals surface area contributed by atoms with Gasteiger partial charge in [0.25, 0.3) is 0 Å².